The van der Waals surface area contributed by atoms with Gasteiger partial charge >= 0.3 is 0 Å². The first kappa shape index (κ1) is 11.6. The summed E-state index contributed by atoms with van der Waals surface area (Å²) in [4.78, 5) is 0. The molecule has 0 rings (SSSR count). The van der Waals surface area contributed by atoms with E-state index in [9.17, 15) is 5.11 Å². The van der Waals surface area contributed by atoms with Crippen LogP contribution in [0.2, 0.25) is 0 Å². The van der Waals surface area contributed by atoms with Crippen molar-refractivity contribution in [2.75, 3.05) is 19.8 Å². The lowest BCUT2D eigenvalue weighted by Crippen LogP contribution is -2.29. The molecule has 0 amide bonds. The Labute approximate surface area is 73.7 Å². The Bertz CT molecular complexity index is 121. The van der Waals surface area contributed by atoms with Crippen molar-refractivity contribution in [3.63, 3.8) is 0 Å². The quantitative estimate of drug-likeness (QED) is 0.441. The lowest BCUT2D eigenvalue weighted by Gasteiger charge is -2.19. The molecule has 0 radical (unpaired) electrons. The zero-order valence-corrected chi connectivity index (χ0v) is 7.62. The topological polar surface area (TPSA) is 49.7 Å². The summed E-state index contributed by atoms with van der Waals surface area (Å²) < 4.78 is 5.11. The average molecular weight is 174 g/mol. The summed E-state index contributed by atoms with van der Waals surface area (Å²) >= 11 is 0. The van der Waals surface area contributed by atoms with E-state index in [-0.39, 0.29) is 6.61 Å². The van der Waals surface area contributed by atoms with Crippen molar-refractivity contribution >= 4 is 0 Å². The van der Waals surface area contributed by atoms with Crippen LogP contribution >= 0.6 is 0 Å². The molecule has 72 valence electrons. The third-order valence-corrected chi connectivity index (χ3v) is 1.58. The molecule has 2 N–H and O–H groups in total. The van der Waals surface area contributed by atoms with Gasteiger partial charge in [-0.15, -0.1) is 6.58 Å². The summed E-state index contributed by atoms with van der Waals surface area (Å²) in [6, 6.07) is 0. The standard InChI is InChI=1S/C9H18O3/c1-3-6-12-7-4-5-9(2,11)8-10/h3,10-11H,1,4-8H2,2H3. The van der Waals surface area contributed by atoms with Crippen LogP contribution in [-0.2, 0) is 4.74 Å². The van der Waals surface area contributed by atoms with Gasteiger partial charge in [0.25, 0.3) is 0 Å². The van der Waals surface area contributed by atoms with Gasteiger partial charge in [-0.1, -0.05) is 6.08 Å². The van der Waals surface area contributed by atoms with E-state index in [2.05, 4.69) is 6.58 Å². The van der Waals surface area contributed by atoms with Crippen molar-refractivity contribution in [1.82, 2.24) is 0 Å². The first-order valence-corrected chi connectivity index (χ1v) is 4.14. The molecule has 0 saturated heterocycles. The van der Waals surface area contributed by atoms with E-state index in [0.717, 1.165) is 6.42 Å². The van der Waals surface area contributed by atoms with Gasteiger partial charge in [0, 0.05) is 6.61 Å². The largest absolute Gasteiger partial charge is 0.393 e. The summed E-state index contributed by atoms with van der Waals surface area (Å²) in [5, 5.41) is 18.0. The van der Waals surface area contributed by atoms with Crippen molar-refractivity contribution in [3.05, 3.63) is 12.7 Å². The Balaban J connectivity index is 3.24. The Morgan fingerprint density at radius 3 is 2.75 bits per heavy atom. The zero-order valence-electron chi connectivity index (χ0n) is 7.62. The number of rotatable bonds is 7. The lowest BCUT2D eigenvalue weighted by atomic mass is 10.0. The summed E-state index contributed by atoms with van der Waals surface area (Å²) in [7, 11) is 0. The van der Waals surface area contributed by atoms with E-state index in [1.807, 2.05) is 0 Å². The molecule has 3 heteroatoms. The smallest absolute Gasteiger partial charge is 0.0850 e. The van der Waals surface area contributed by atoms with Gasteiger partial charge < -0.3 is 14.9 Å². The Morgan fingerprint density at radius 1 is 1.58 bits per heavy atom. The van der Waals surface area contributed by atoms with Crippen molar-refractivity contribution in [2.24, 2.45) is 0 Å². The minimum Gasteiger partial charge on any atom is -0.393 e. The van der Waals surface area contributed by atoms with Gasteiger partial charge in [0.05, 0.1) is 18.8 Å². The number of ether oxygens (including phenoxy) is 1. The second-order valence-electron chi connectivity index (χ2n) is 3.12. The van der Waals surface area contributed by atoms with Crippen LogP contribution in [0.1, 0.15) is 19.8 Å². The maximum atomic E-state index is 9.35. The first-order valence-electron chi connectivity index (χ1n) is 4.14. The summed E-state index contributed by atoms with van der Waals surface area (Å²) in [6.45, 7) is 6.06. The number of aliphatic hydroxyl groups excluding tert-OH is 1. The van der Waals surface area contributed by atoms with Crippen LogP contribution < -0.4 is 0 Å². The molecule has 12 heavy (non-hydrogen) atoms. The Kier molecular flexibility index (Phi) is 5.98. The van der Waals surface area contributed by atoms with Crippen LogP contribution in [0.25, 0.3) is 0 Å². The maximum absolute atomic E-state index is 9.35. The fourth-order valence-electron chi connectivity index (χ4n) is 0.801. The molecule has 0 spiro atoms. The second kappa shape index (κ2) is 6.17. The molecule has 3 nitrogen and oxygen atoms in total. The highest BCUT2D eigenvalue weighted by Crippen LogP contribution is 2.10. The molecular weight excluding hydrogens is 156 g/mol. The van der Waals surface area contributed by atoms with Crippen LogP contribution in [0.15, 0.2) is 12.7 Å². The fraction of sp³-hybridized carbons (Fsp3) is 0.778. The average Bonchev–Trinajstić information content (AvgIpc) is 2.04. The molecule has 0 aliphatic carbocycles. The van der Waals surface area contributed by atoms with Gasteiger partial charge in [0.1, 0.15) is 0 Å². The van der Waals surface area contributed by atoms with Gasteiger partial charge in [0.2, 0.25) is 0 Å². The summed E-state index contributed by atoms with van der Waals surface area (Å²) in [5.74, 6) is 0. The third kappa shape index (κ3) is 6.34. The predicted molar refractivity (Wildman–Crippen MR) is 48.0 cm³/mol. The molecule has 0 heterocycles. The van der Waals surface area contributed by atoms with Crippen LogP contribution in [0.3, 0.4) is 0 Å². The van der Waals surface area contributed by atoms with E-state index in [1.54, 1.807) is 13.0 Å². The molecule has 0 aromatic carbocycles. The molecule has 0 fully saturated rings. The normalized spacial score (nSPS) is 15.6. The molecule has 0 aromatic rings. The molecule has 1 unspecified atom stereocenters. The molecule has 0 bridgehead atoms. The maximum Gasteiger partial charge on any atom is 0.0850 e. The minimum atomic E-state index is -0.961. The van der Waals surface area contributed by atoms with Crippen molar-refractivity contribution in [2.45, 2.75) is 25.4 Å². The van der Waals surface area contributed by atoms with Crippen LogP contribution in [0.4, 0.5) is 0 Å². The van der Waals surface area contributed by atoms with E-state index >= 15 is 0 Å². The van der Waals surface area contributed by atoms with Crippen LogP contribution in [0.5, 0.6) is 0 Å². The summed E-state index contributed by atoms with van der Waals surface area (Å²) in [5.41, 5.74) is -0.961. The first-order chi connectivity index (χ1) is 5.62. The molecule has 0 aromatic heterocycles. The van der Waals surface area contributed by atoms with E-state index in [0.29, 0.717) is 19.6 Å². The van der Waals surface area contributed by atoms with Crippen molar-refractivity contribution < 1.29 is 14.9 Å². The highest BCUT2D eigenvalue weighted by molar-refractivity contribution is 4.70. The van der Waals surface area contributed by atoms with Crippen LogP contribution in [-0.4, -0.2) is 35.6 Å². The predicted octanol–water partition coefficient (Wildman–Crippen LogP) is 0.712. The number of aliphatic hydroxyl groups is 2. The minimum absolute atomic E-state index is 0.200. The highest BCUT2D eigenvalue weighted by atomic mass is 16.5. The van der Waals surface area contributed by atoms with E-state index < -0.39 is 5.60 Å². The summed E-state index contributed by atoms with van der Waals surface area (Å²) in [6.07, 6.45) is 2.99. The zero-order chi connectivity index (χ0) is 9.45. The van der Waals surface area contributed by atoms with Gasteiger partial charge in [-0.25, -0.2) is 0 Å². The van der Waals surface area contributed by atoms with Gasteiger partial charge in [-0.2, -0.15) is 0 Å². The molecule has 0 saturated carbocycles. The molecule has 0 aliphatic heterocycles. The SMILES string of the molecule is C=CCOCCCC(C)(O)CO. The number of hydrogen-bond donors (Lipinski definition) is 2. The van der Waals surface area contributed by atoms with Crippen LogP contribution in [0, 0.1) is 0 Å². The van der Waals surface area contributed by atoms with Crippen molar-refractivity contribution in [1.29, 1.82) is 0 Å². The Morgan fingerprint density at radius 2 is 2.25 bits per heavy atom. The fourth-order valence-corrected chi connectivity index (χ4v) is 0.801. The third-order valence-electron chi connectivity index (χ3n) is 1.58. The Hall–Kier alpha value is -0.380. The van der Waals surface area contributed by atoms with Gasteiger partial charge in [0.15, 0.2) is 0 Å². The second-order valence-corrected chi connectivity index (χ2v) is 3.12. The monoisotopic (exact) mass is 174 g/mol. The van der Waals surface area contributed by atoms with Crippen molar-refractivity contribution in [3.8, 4) is 0 Å². The number of hydrogen-bond acceptors (Lipinski definition) is 3. The van der Waals surface area contributed by atoms with E-state index in [1.165, 1.54) is 0 Å². The molecule has 0 aliphatic rings. The van der Waals surface area contributed by atoms with E-state index in [4.69, 9.17) is 9.84 Å². The molecule has 1 atom stereocenters. The van der Waals surface area contributed by atoms with Gasteiger partial charge in [-0.3, -0.25) is 0 Å². The highest BCUT2D eigenvalue weighted by Gasteiger charge is 2.17. The lowest BCUT2D eigenvalue weighted by molar-refractivity contribution is -0.0118. The molecular formula is C9H18O3. The van der Waals surface area contributed by atoms with Gasteiger partial charge in [-0.05, 0) is 19.8 Å².